The minimum absolute atomic E-state index is 0.127. The van der Waals surface area contributed by atoms with Crippen LogP contribution in [0.5, 0.6) is 0 Å². The number of alkyl halides is 1. The second-order valence-corrected chi connectivity index (χ2v) is 2.71. The van der Waals surface area contributed by atoms with Crippen LogP contribution in [0.1, 0.15) is 21.6 Å². The first-order valence-electron chi connectivity index (χ1n) is 3.40. The Labute approximate surface area is 75.0 Å². The van der Waals surface area contributed by atoms with Crippen molar-refractivity contribution in [2.24, 2.45) is 0 Å². The molecule has 0 aliphatic carbocycles. The molecule has 0 bridgehead atoms. The first kappa shape index (κ1) is 9.00. The van der Waals surface area contributed by atoms with Crippen LogP contribution in [0.2, 0.25) is 0 Å². The third-order valence-corrected chi connectivity index (χ3v) is 1.72. The van der Waals surface area contributed by atoms with Gasteiger partial charge in [-0.25, -0.2) is 4.79 Å². The fourth-order valence-electron chi connectivity index (χ4n) is 0.889. The van der Waals surface area contributed by atoms with Gasteiger partial charge in [-0.15, -0.1) is 11.6 Å². The van der Waals surface area contributed by atoms with Gasteiger partial charge in [0.05, 0.1) is 17.1 Å². The van der Waals surface area contributed by atoms with Gasteiger partial charge in [-0.3, -0.25) is 4.98 Å². The zero-order chi connectivity index (χ0) is 9.14. The molecule has 0 radical (unpaired) electrons. The molecule has 0 amide bonds. The van der Waals surface area contributed by atoms with E-state index in [1.807, 2.05) is 0 Å². The monoisotopic (exact) mass is 185 g/mol. The largest absolute Gasteiger partial charge is 0.478 e. The summed E-state index contributed by atoms with van der Waals surface area (Å²) in [6.07, 6.45) is 1.60. The molecule has 0 aliphatic rings. The van der Waals surface area contributed by atoms with E-state index < -0.39 is 5.97 Å². The topological polar surface area (TPSA) is 50.2 Å². The minimum atomic E-state index is -0.984. The number of rotatable bonds is 2. The standard InChI is InChI=1S/C8H8ClNO2/c1-5-2-6(8(11)12)7(3-9)10-4-5/h2,4H,3H2,1H3,(H,11,12). The summed E-state index contributed by atoms with van der Waals surface area (Å²) in [5.74, 6) is -0.857. The van der Waals surface area contributed by atoms with Crippen molar-refractivity contribution in [1.82, 2.24) is 4.98 Å². The molecule has 0 saturated heterocycles. The Hall–Kier alpha value is -1.09. The number of aromatic carboxylic acids is 1. The quantitative estimate of drug-likeness (QED) is 0.716. The van der Waals surface area contributed by atoms with Gasteiger partial charge in [-0.2, -0.15) is 0 Å². The number of carboxylic acid groups (broad SMARTS) is 1. The molecule has 0 unspecified atom stereocenters. The highest BCUT2D eigenvalue weighted by molar-refractivity contribution is 6.17. The summed E-state index contributed by atoms with van der Waals surface area (Å²) in [4.78, 5) is 14.5. The van der Waals surface area contributed by atoms with Crippen LogP contribution in [0, 0.1) is 6.92 Å². The van der Waals surface area contributed by atoms with Crippen molar-refractivity contribution < 1.29 is 9.90 Å². The van der Waals surface area contributed by atoms with Crippen LogP contribution >= 0.6 is 11.6 Å². The molecule has 1 N–H and O–H groups in total. The van der Waals surface area contributed by atoms with Crippen LogP contribution in [0.4, 0.5) is 0 Å². The van der Waals surface area contributed by atoms with E-state index in [9.17, 15) is 4.79 Å². The third kappa shape index (κ3) is 1.74. The van der Waals surface area contributed by atoms with Gasteiger partial charge >= 0.3 is 5.97 Å². The lowest BCUT2D eigenvalue weighted by atomic mass is 10.1. The predicted octanol–water partition coefficient (Wildman–Crippen LogP) is 1.83. The Balaban J connectivity index is 3.21. The number of aromatic nitrogens is 1. The van der Waals surface area contributed by atoms with E-state index in [4.69, 9.17) is 16.7 Å². The fourth-order valence-corrected chi connectivity index (χ4v) is 1.10. The summed E-state index contributed by atoms with van der Waals surface area (Å²) in [5, 5.41) is 8.72. The summed E-state index contributed by atoms with van der Waals surface area (Å²) >= 11 is 5.50. The first-order chi connectivity index (χ1) is 5.65. The van der Waals surface area contributed by atoms with Gasteiger partial charge in [0.1, 0.15) is 0 Å². The Morgan fingerprint density at radius 1 is 1.75 bits per heavy atom. The molecular formula is C8H8ClNO2. The second-order valence-electron chi connectivity index (χ2n) is 2.45. The van der Waals surface area contributed by atoms with E-state index >= 15 is 0 Å². The molecule has 0 spiro atoms. The molecule has 3 nitrogen and oxygen atoms in total. The highest BCUT2D eigenvalue weighted by atomic mass is 35.5. The molecule has 1 rings (SSSR count). The van der Waals surface area contributed by atoms with Gasteiger partial charge in [0.15, 0.2) is 0 Å². The Bertz CT molecular complexity index is 312. The molecule has 0 fully saturated rings. The van der Waals surface area contributed by atoms with Gasteiger partial charge in [-0.1, -0.05) is 0 Å². The number of carbonyl (C=O) groups is 1. The van der Waals surface area contributed by atoms with Crippen molar-refractivity contribution in [3.8, 4) is 0 Å². The van der Waals surface area contributed by atoms with Crippen molar-refractivity contribution in [1.29, 1.82) is 0 Å². The molecular weight excluding hydrogens is 178 g/mol. The summed E-state index contributed by atoms with van der Waals surface area (Å²) in [7, 11) is 0. The molecule has 0 aromatic carbocycles. The molecule has 0 saturated carbocycles. The number of hydrogen-bond acceptors (Lipinski definition) is 2. The van der Waals surface area contributed by atoms with Crippen LogP contribution in [0.3, 0.4) is 0 Å². The summed E-state index contributed by atoms with van der Waals surface area (Å²) in [5.41, 5.74) is 1.42. The normalized spacial score (nSPS) is 9.83. The third-order valence-electron chi connectivity index (χ3n) is 1.46. The average Bonchev–Trinajstić information content (AvgIpc) is 2.04. The lowest BCUT2D eigenvalue weighted by molar-refractivity contribution is 0.0695. The van der Waals surface area contributed by atoms with Crippen LogP contribution in [0.15, 0.2) is 12.3 Å². The maximum Gasteiger partial charge on any atom is 0.337 e. The lowest BCUT2D eigenvalue weighted by Crippen LogP contribution is -2.03. The van der Waals surface area contributed by atoms with Gasteiger partial charge in [0.2, 0.25) is 0 Å². The summed E-state index contributed by atoms with van der Waals surface area (Å²) in [6, 6.07) is 1.56. The molecule has 1 aromatic rings. The average molecular weight is 186 g/mol. The van der Waals surface area contributed by atoms with Crippen LogP contribution in [0.25, 0.3) is 0 Å². The zero-order valence-electron chi connectivity index (χ0n) is 6.54. The van der Waals surface area contributed by atoms with Crippen molar-refractivity contribution in [2.75, 3.05) is 0 Å². The molecule has 12 heavy (non-hydrogen) atoms. The van der Waals surface area contributed by atoms with E-state index in [-0.39, 0.29) is 11.4 Å². The smallest absolute Gasteiger partial charge is 0.337 e. The molecule has 64 valence electrons. The fraction of sp³-hybridized carbons (Fsp3) is 0.250. The molecule has 4 heteroatoms. The van der Waals surface area contributed by atoms with Crippen LogP contribution in [-0.2, 0) is 5.88 Å². The van der Waals surface area contributed by atoms with Crippen molar-refractivity contribution >= 4 is 17.6 Å². The SMILES string of the molecule is Cc1cnc(CCl)c(C(=O)O)c1. The number of halogens is 1. The maximum atomic E-state index is 10.6. The lowest BCUT2D eigenvalue weighted by Gasteiger charge is -2.01. The number of carboxylic acids is 1. The highest BCUT2D eigenvalue weighted by Crippen LogP contribution is 2.10. The van der Waals surface area contributed by atoms with E-state index in [0.29, 0.717) is 5.69 Å². The van der Waals surface area contributed by atoms with Crippen LogP contribution in [-0.4, -0.2) is 16.1 Å². The predicted molar refractivity (Wildman–Crippen MR) is 45.5 cm³/mol. The first-order valence-corrected chi connectivity index (χ1v) is 3.93. The van der Waals surface area contributed by atoms with E-state index in [2.05, 4.69) is 4.98 Å². The van der Waals surface area contributed by atoms with E-state index in [0.717, 1.165) is 5.56 Å². The van der Waals surface area contributed by atoms with Crippen molar-refractivity contribution in [3.05, 3.63) is 29.1 Å². The van der Waals surface area contributed by atoms with Gasteiger partial charge in [-0.05, 0) is 18.6 Å². The molecule has 1 aromatic heterocycles. The van der Waals surface area contributed by atoms with Crippen LogP contribution < -0.4 is 0 Å². The number of hydrogen-bond donors (Lipinski definition) is 1. The minimum Gasteiger partial charge on any atom is -0.478 e. The number of pyridine rings is 1. The zero-order valence-corrected chi connectivity index (χ0v) is 7.30. The van der Waals surface area contributed by atoms with E-state index in [1.165, 1.54) is 0 Å². The van der Waals surface area contributed by atoms with Gasteiger partial charge in [0, 0.05) is 6.20 Å². The van der Waals surface area contributed by atoms with Crippen molar-refractivity contribution in [3.63, 3.8) is 0 Å². The van der Waals surface area contributed by atoms with Gasteiger partial charge in [0.25, 0.3) is 0 Å². The highest BCUT2D eigenvalue weighted by Gasteiger charge is 2.09. The molecule has 1 heterocycles. The van der Waals surface area contributed by atoms with E-state index in [1.54, 1.807) is 19.2 Å². The molecule has 0 aliphatic heterocycles. The Kier molecular flexibility index (Phi) is 2.65. The second kappa shape index (κ2) is 3.54. The maximum absolute atomic E-state index is 10.6. The summed E-state index contributed by atoms with van der Waals surface area (Å²) < 4.78 is 0. The molecule has 0 atom stereocenters. The number of nitrogens with zero attached hydrogens (tertiary/aromatic N) is 1. The summed E-state index contributed by atoms with van der Waals surface area (Å²) in [6.45, 7) is 1.79. The van der Waals surface area contributed by atoms with Gasteiger partial charge < -0.3 is 5.11 Å². The Morgan fingerprint density at radius 2 is 2.42 bits per heavy atom. The van der Waals surface area contributed by atoms with Crippen molar-refractivity contribution in [2.45, 2.75) is 12.8 Å². The number of aryl methyl sites for hydroxylation is 1. The Morgan fingerprint density at radius 3 is 2.92 bits per heavy atom.